The molecule has 1 saturated heterocycles. The number of hydrogen-bond donors (Lipinski definition) is 1. The Bertz CT molecular complexity index is 582. The first-order valence-corrected chi connectivity index (χ1v) is 7.26. The van der Waals surface area contributed by atoms with Crippen molar-refractivity contribution >= 4 is 5.69 Å². The Hall–Kier alpha value is -1.92. The van der Waals surface area contributed by atoms with Crippen LogP contribution in [0.2, 0.25) is 0 Å². The van der Waals surface area contributed by atoms with Crippen LogP contribution in [0.4, 0.5) is 5.69 Å². The maximum Gasteiger partial charge on any atom is 0.258 e. The lowest BCUT2D eigenvalue weighted by molar-refractivity contribution is -0.0334. The van der Waals surface area contributed by atoms with E-state index >= 15 is 0 Å². The summed E-state index contributed by atoms with van der Waals surface area (Å²) in [5.74, 6) is 1.16. The van der Waals surface area contributed by atoms with Crippen LogP contribution >= 0.6 is 0 Å². The number of nitrogens with one attached hydrogen (secondary N) is 1. The number of hydrogen-bond acceptors (Lipinski definition) is 6. The van der Waals surface area contributed by atoms with Crippen LogP contribution in [0.15, 0.2) is 28.8 Å². The van der Waals surface area contributed by atoms with E-state index in [9.17, 15) is 0 Å². The lowest BCUT2D eigenvalue weighted by Crippen LogP contribution is -2.38. The van der Waals surface area contributed by atoms with Crippen molar-refractivity contribution in [3.63, 3.8) is 0 Å². The second-order valence-electron chi connectivity index (χ2n) is 5.04. The van der Waals surface area contributed by atoms with Crippen LogP contribution in [-0.4, -0.2) is 48.3 Å². The molecule has 1 aliphatic heterocycles. The second-order valence-corrected chi connectivity index (χ2v) is 5.04. The molecule has 2 aromatic rings. The van der Waals surface area contributed by atoms with Crippen LogP contribution in [0, 0.1) is 0 Å². The molecule has 2 heterocycles. The van der Waals surface area contributed by atoms with Crippen LogP contribution in [0.3, 0.4) is 0 Å². The van der Waals surface area contributed by atoms with E-state index in [-0.39, 0.29) is 6.10 Å². The van der Waals surface area contributed by atoms with Gasteiger partial charge in [-0.25, -0.2) is 0 Å². The van der Waals surface area contributed by atoms with E-state index in [1.165, 1.54) is 0 Å². The van der Waals surface area contributed by atoms with Gasteiger partial charge in [-0.05, 0) is 30.8 Å². The Kier molecular flexibility index (Phi) is 4.17. The fourth-order valence-corrected chi connectivity index (χ4v) is 2.41. The molecule has 1 aromatic carbocycles. The maximum absolute atomic E-state index is 5.75. The topological polar surface area (TPSA) is 63.4 Å². The zero-order chi connectivity index (χ0) is 14.7. The largest absolute Gasteiger partial charge is 0.388 e. The van der Waals surface area contributed by atoms with Gasteiger partial charge >= 0.3 is 0 Å². The Morgan fingerprint density at radius 1 is 1.33 bits per heavy atom. The third kappa shape index (κ3) is 3.06. The highest BCUT2D eigenvalue weighted by atomic mass is 16.5. The molecule has 6 nitrogen and oxygen atoms in total. The average molecular weight is 288 g/mol. The number of aromatic nitrogens is 2. The van der Waals surface area contributed by atoms with Crippen LogP contribution in [0.25, 0.3) is 11.5 Å². The standard InChI is InChI=1S/C15H20N4O2/c1-3-19-8-9-20-13(10-19)14-17-15(21-18-14)11-4-6-12(16-2)7-5-11/h4-7,13,16H,3,8-10H2,1-2H3. The molecular formula is C15H20N4O2. The van der Waals surface area contributed by atoms with Gasteiger partial charge in [-0.1, -0.05) is 12.1 Å². The molecule has 21 heavy (non-hydrogen) atoms. The number of likely N-dealkylation sites (N-methyl/N-ethyl adjacent to an activating group) is 1. The average Bonchev–Trinajstić information content (AvgIpc) is 3.05. The predicted octanol–water partition coefficient (Wildman–Crippen LogP) is 2.17. The summed E-state index contributed by atoms with van der Waals surface area (Å²) >= 11 is 0. The van der Waals surface area contributed by atoms with Gasteiger partial charge in [0.15, 0.2) is 0 Å². The van der Waals surface area contributed by atoms with Crippen LogP contribution in [0.1, 0.15) is 18.9 Å². The number of ether oxygens (including phenoxy) is 1. The second kappa shape index (κ2) is 6.24. The van der Waals surface area contributed by atoms with Crippen molar-refractivity contribution in [3.05, 3.63) is 30.1 Å². The molecule has 0 bridgehead atoms. The summed E-state index contributed by atoms with van der Waals surface area (Å²) in [5.41, 5.74) is 1.96. The van der Waals surface area contributed by atoms with Crippen molar-refractivity contribution in [1.29, 1.82) is 0 Å². The Morgan fingerprint density at radius 2 is 2.14 bits per heavy atom. The first-order valence-electron chi connectivity index (χ1n) is 7.26. The lowest BCUT2D eigenvalue weighted by atomic mass is 10.2. The quantitative estimate of drug-likeness (QED) is 0.930. The summed E-state index contributed by atoms with van der Waals surface area (Å²) in [4.78, 5) is 6.80. The van der Waals surface area contributed by atoms with Crippen molar-refractivity contribution in [2.75, 3.05) is 38.6 Å². The molecule has 1 N–H and O–H groups in total. The highest BCUT2D eigenvalue weighted by molar-refractivity contribution is 5.58. The van der Waals surface area contributed by atoms with E-state index in [2.05, 4.69) is 27.3 Å². The van der Waals surface area contributed by atoms with Crippen molar-refractivity contribution in [3.8, 4) is 11.5 Å². The van der Waals surface area contributed by atoms with Crippen molar-refractivity contribution < 1.29 is 9.26 Å². The van der Waals surface area contributed by atoms with Crippen LogP contribution < -0.4 is 5.32 Å². The molecule has 3 rings (SSSR count). The molecule has 1 atom stereocenters. The minimum atomic E-state index is -0.104. The fraction of sp³-hybridized carbons (Fsp3) is 0.467. The number of benzene rings is 1. The summed E-state index contributed by atoms with van der Waals surface area (Å²) < 4.78 is 11.1. The normalized spacial score (nSPS) is 19.6. The van der Waals surface area contributed by atoms with Gasteiger partial charge < -0.3 is 14.6 Å². The first-order chi connectivity index (χ1) is 10.3. The SMILES string of the molecule is CCN1CCOC(c2noc(-c3ccc(NC)cc3)n2)C1. The molecule has 1 unspecified atom stereocenters. The zero-order valence-electron chi connectivity index (χ0n) is 12.4. The van der Waals surface area contributed by atoms with Gasteiger partial charge in [-0.15, -0.1) is 0 Å². The molecule has 0 aliphatic carbocycles. The maximum atomic E-state index is 5.75. The third-order valence-corrected chi connectivity index (χ3v) is 3.75. The third-order valence-electron chi connectivity index (χ3n) is 3.75. The number of nitrogens with zero attached hydrogens (tertiary/aromatic N) is 3. The number of rotatable bonds is 4. The fourth-order valence-electron chi connectivity index (χ4n) is 2.41. The van der Waals surface area contributed by atoms with E-state index in [0.29, 0.717) is 18.3 Å². The summed E-state index contributed by atoms with van der Waals surface area (Å²) in [7, 11) is 1.89. The van der Waals surface area contributed by atoms with E-state index in [4.69, 9.17) is 9.26 Å². The summed E-state index contributed by atoms with van der Waals surface area (Å²) in [6.45, 7) is 5.64. The van der Waals surface area contributed by atoms with E-state index in [1.807, 2.05) is 31.3 Å². The number of anilines is 1. The summed E-state index contributed by atoms with van der Waals surface area (Å²) in [6, 6.07) is 7.89. The van der Waals surface area contributed by atoms with Gasteiger partial charge in [0.2, 0.25) is 5.82 Å². The Morgan fingerprint density at radius 3 is 2.86 bits per heavy atom. The predicted molar refractivity (Wildman–Crippen MR) is 80.1 cm³/mol. The van der Waals surface area contributed by atoms with Gasteiger partial charge in [0.25, 0.3) is 5.89 Å². The molecule has 0 radical (unpaired) electrons. The zero-order valence-corrected chi connectivity index (χ0v) is 12.4. The molecule has 6 heteroatoms. The van der Waals surface area contributed by atoms with E-state index in [1.54, 1.807) is 0 Å². The van der Waals surface area contributed by atoms with E-state index in [0.717, 1.165) is 30.9 Å². The Labute approximate surface area is 124 Å². The first kappa shape index (κ1) is 14.0. The highest BCUT2D eigenvalue weighted by Gasteiger charge is 2.25. The molecule has 0 amide bonds. The van der Waals surface area contributed by atoms with Gasteiger partial charge in [0.1, 0.15) is 6.10 Å². The molecule has 112 valence electrons. The molecule has 1 aromatic heterocycles. The number of morpholine rings is 1. The van der Waals surface area contributed by atoms with E-state index < -0.39 is 0 Å². The summed E-state index contributed by atoms with van der Waals surface area (Å²) in [6.07, 6.45) is -0.104. The van der Waals surface area contributed by atoms with Crippen LogP contribution in [-0.2, 0) is 4.74 Å². The monoisotopic (exact) mass is 288 g/mol. The molecular weight excluding hydrogens is 268 g/mol. The van der Waals surface area contributed by atoms with Crippen molar-refractivity contribution in [2.24, 2.45) is 0 Å². The Balaban J connectivity index is 1.76. The van der Waals surface area contributed by atoms with Gasteiger partial charge in [0, 0.05) is 31.4 Å². The molecule has 1 fully saturated rings. The molecule has 0 spiro atoms. The minimum absolute atomic E-state index is 0.104. The van der Waals surface area contributed by atoms with Crippen molar-refractivity contribution in [1.82, 2.24) is 15.0 Å². The van der Waals surface area contributed by atoms with Gasteiger partial charge in [0.05, 0.1) is 6.61 Å². The molecule has 1 aliphatic rings. The van der Waals surface area contributed by atoms with Crippen molar-refractivity contribution in [2.45, 2.75) is 13.0 Å². The minimum Gasteiger partial charge on any atom is -0.388 e. The summed E-state index contributed by atoms with van der Waals surface area (Å²) in [5, 5.41) is 7.16. The van der Waals surface area contributed by atoms with Crippen LogP contribution in [0.5, 0.6) is 0 Å². The highest BCUT2D eigenvalue weighted by Crippen LogP contribution is 2.24. The lowest BCUT2D eigenvalue weighted by Gasteiger charge is -2.30. The van der Waals surface area contributed by atoms with Gasteiger partial charge in [-0.3, -0.25) is 4.90 Å². The smallest absolute Gasteiger partial charge is 0.258 e. The van der Waals surface area contributed by atoms with Gasteiger partial charge in [-0.2, -0.15) is 4.98 Å². The molecule has 0 saturated carbocycles.